The minimum Gasteiger partial charge on any atom is -0.399 e. The summed E-state index contributed by atoms with van der Waals surface area (Å²) in [6, 6.07) is 5.64. The molecule has 6 heteroatoms. The number of nitrogens with two attached hydrogens (primary N) is 1. The van der Waals surface area contributed by atoms with Crippen LogP contribution >= 0.6 is 11.3 Å². The monoisotopic (exact) mass is 317 g/mol. The average Bonchev–Trinajstić information content (AvgIpc) is 2.99. The molecule has 1 amide bonds. The van der Waals surface area contributed by atoms with Crippen molar-refractivity contribution in [2.45, 2.75) is 19.4 Å². The first kappa shape index (κ1) is 15.0. The van der Waals surface area contributed by atoms with E-state index >= 15 is 0 Å². The number of pyridine rings is 1. The Balaban J connectivity index is 1.69. The molecule has 1 aliphatic rings. The van der Waals surface area contributed by atoms with Crippen LogP contribution in [0, 0.1) is 6.92 Å². The van der Waals surface area contributed by atoms with Gasteiger partial charge in [-0.1, -0.05) is 0 Å². The minimum absolute atomic E-state index is 0.132. The molecule has 2 aromatic heterocycles. The average molecular weight is 317 g/mol. The minimum atomic E-state index is -0.206. The molecule has 1 saturated heterocycles. The fraction of sp³-hybridized carbons (Fsp3) is 0.375. The van der Waals surface area contributed by atoms with Gasteiger partial charge in [0.1, 0.15) is 6.10 Å². The van der Waals surface area contributed by atoms with Gasteiger partial charge >= 0.3 is 0 Å². The van der Waals surface area contributed by atoms with E-state index in [-0.39, 0.29) is 12.0 Å². The predicted octanol–water partition coefficient (Wildman–Crippen LogP) is 2.18. The van der Waals surface area contributed by atoms with E-state index in [1.165, 1.54) is 0 Å². The van der Waals surface area contributed by atoms with Crippen LogP contribution in [0.1, 0.15) is 23.1 Å². The number of nitrogens with zero attached hydrogens (tertiary/aromatic N) is 2. The highest BCUT2D eigenvalue weighted by molar-refractivity contribution is 7.07. The number of anilines is 1. The summed E-state index contributed by atoms with van der Waals surface area (Å²) in [6.45, 7) is 3.58. The lowest BCUT2D eigenvalue weighted by Crippen LogP contribution is -2.43. The topological polar surface area (TPSA) is 68.5 Å². The molecule has 0 spiro atoms. The Labute approximate surface area is 133 Å². The van der Waals surface area contributed by atoms with Crippen LogP contribution < -0.4 is 5.73 Å². The van der Waals surface area contributed by atoms with Gasteiger partial charge in [0.25, 0.3) is 0 Å². The summed E-state index contributed by atoms with van der Waals surface area (Å²) in [7, 11) is 0. The van der Waals surface area contributed by atoms with Gasteiger partial charge in [-0.15, -0.1) is 0 Å². The van der Waals surface area contributed by atoms with Crippen LogP contribution in [0.5, 0.6) is 0 Å². The summed E-state index contributed by atoms with van der Waals surface area (Å²) in [6.07, 6.45) is 0.238. The van der Waals surface area contributed by atoms with Crippen molar-refractivity contribution in [3.05, 3.63) is 45.9 Å². The number of hydrogen-bond acceptors (Lipinski definition) is 5. The van der Waals surface area contributed by atoms with Gasteiger partial charge in [0.2, 0.25) is 5.91 Å². The van der Waals surface area contributed by atoms with E-state index in [0.717, 1.165) is 17.0 Å². The number of thiophene rings is 1. The maximum atomic E-state index is 12.4. The summed E-state index contributed by atoms with van der Waals surface area (Å²) < 4.78 is 5.78. The molecule has 3 heterocycles. The van der Waals surface area contributed by atoms with Gasteiger partial charge < -0.3 is 15.4 Å². The number of hydrogen-bond donors (Lipinski definition) is 1. The first-order valence-electron chi connectivity index (χ1n) is 7.26. The normalized spacial score (nSPS) is 18.4. The molecule has 5 nitrogen and oxygen atoms in total. The zero-order chi connectivity index (χ0) is 15.5. The van der Waals surface area contributed by atoms with Gasteiger partial charge in [0.05, 0.1) is 25.3 Å². The standard InChI is InChI=1S/C16H19N3O2S/c1-11-6-13(17)8-14(18-11)15-9-19(3-4-21-15)16(20)7-12-2-5-22-10-12/h2,5-6,8,10,15H,3-4,7,9H2,1H3,(H2,17,18). The van der Waals surface area contributed by atoms with Gasteiger partial charge in [0.15, 0.2) is 0 Å². The molecule has 2 N–H and O–H groups in total. The molecule has 0 radical (unpaired) electrons. The van der Waals surface area contributed by atoms with E-state index < -0.39 is 0 Å². The van der Waals surface area contributed by atoms with Crippen LogP contribution in [0.3, 0.4) is 0 Å². The number of morpholine rings is 1. The molecule has 0 aromatic carbocycles. The molecular formula is C16H19N3O2S. The quantitative estimate of drug-likeness (QED) is 0.942. The number of aromatic nitrogens is 1. The zero-order valence-electron chi connectivity index (χ0n) is 12.5. The third-order valence-electron chi connectivity index (χ3n) is 3.68. The Bertz CT molecular complexity index is 637. The first-order chi connectivity index (χ1) is 10.6. The molecule has 1 aliphatic heterocycles. The van der Waals surface area contributed by atoms with Crippen LogP contribution in [-0.2, 0) is 16.0 Å². The fourth-order valence-electron chi connectivity index (χ4n) is 2.62. The van der Waals surface area contributed by atoms with Crippen LogP contribution in [0.25, 0.3) is 0 Å². The van der Waals surface area contributed by atoms with E-state index in [4.69, 9.17) is 10.5 Å². The lowest BCUT2D eigenvalue weighted by molar-refractivity contribution is -0.138. The lowest BCUT2D eigenvalue weighted by Gasteiger charge is -2.33. The molecule has 3 rings (SSSR count). The zero-order valence-corrected chi connectivity index (χ0v) is 13.3. The Morgan fingerprint density at radius 1 is 1.55 bits per heavy atom. The maximum Gasteiger partial charge on any atom is 0.227 e. The lowest BCUT2D eigenvalue weighted by atomic mass is 10.1. The third kappa shape index (κ3) is 3.45. The molecular weight excluding hydrogens is 298 g/mol. The second-order valence-electron chi connectivity index (χ2n) is 5.47. The smallest absolute Gasteiger partial charge is 0.227 e. The number of ether oxygens (including phenoxy) is 1. The van der Waals surface area contributed by atoms with E-state index in [0.29, 0.717) is 31.8 Å². The Hall–Kier alpha value is -1.92. The maximum absolute atomic E-state index is 12.4. The second-order valence-corrected chi connectivity index (χ2v) is 6.25. The SMILES string of the molecule is Cc1cc(N)cc(C2CN(C(=O)Cc3ccsc3)CCO2)n1. The largest absolute Gasteiger partial charge is 0.399 e. The highest BCUT2D eigenvalue weighted by Crippen LogP contribution is 2.23. The number of carbonyl (C=O) groups is 1. The van der Waals surface area contributed by atoms with Crippen molar-refractivity contribution in [1.82, 2.24) is 9.88 Å². The molecule has 116 valence electrons. The van der Waals surface area contributed by atoms with Crippen LogP contribution in [0.15, 0.2) is 29.0 Å². The van der Waals surface area contributed by atoms with E-state index in [1.54, 1.807) is 11.3 Å². The summed E-state index contributed by atoms with van der Waals surface area (Å²) >= 11 is 1.61. The number of carbonyl (C=O) groups excluding carboxylic acids is 1. The van der Waals surface area contributed by atoms with E-state index in [2.05, 4.69) is 4.98 Å². The van der Waals surface area contributed by atoms with Gasteiger partial charge in [-0.25, -0.2) is 0 Å². The van der Waals surface area contributed by atoms with Crippen molar-refractivity contribution in [2.75, 3.05) is 25.4 Å². The molecule has 1 atom stereocenters. The molecule has 0 saturated carbocycles. The molecule has 0 bridgehead atoms. The van der Waals surface area contributed by atoms with Crippen molar-refractivity contribution in [3.63, 3.8) is 0 Å². The van der Waals surface area contributed by atoms with Crippen molar-refractivity contribution in [2.24, 2.45) is 0 Å². The van der Waals surface area contributed by atoms with Crippen molar-refractivity contribution < 1.29 is 9.53 Å². The first-order valence-corrected chi connectivity index (χ1v) is 8.20. The molecule has 0 aliphatic carbocycles. The summed E-state index contributed by atoms with van der Waals surface area (Å²) in [5.41, 5.74) is 9.27. The van der Waals surface area contributed by atoms with E-state index in [1.807, 2.05) is 40.8 Å². The van der Waals surface area contributed by atoms with Crippen molar-refractivity contribution in [1.29, 1.82) is 0 Å². The fourth-order valence-corrected chi connectivity index (χ4v) is 3.29. The summed E-state index contributed by atoms with van der Waals surface area (Å²) in [5.74, 6) is 0.132. The number of amides is 1. The Morgan fingerprint density at radius 2 is 2.41 bits per heavy atom. The van der Waals surface area contributed by atoms with Crippen LogP contribution in [-0.4, -0.2) is 35.5 Å². The van der Waals surface area contributed by atoms with Gasteiger partial charge in [-0.2, -0.15) is 11.3 Å². The van der Waals surface area contributed by atoms with Crippen LogP contribution in [0.4, 0.5) is 5.69 Å². The second kappa shape index (κ2) is 6.46. The van der Waals surface area contributed by atoms with Gasteiger partial charge in [-0.3, -0.25) is 9.78 Å². The highest BCUT2D eigenvalue weighted by atomic mass is 32.1. The number of aryl methyl sites for hydroxylation is 1. The molecule has 2 aromatic rings. The van der Waals surface area contributed by atoms with Crippen molar-refractivity contribution in [3.8, 4) is 0 Å². The molecule has 1 unspecified atom stereocenters. The highest BCUT2D eigenvalue weighted by Gasteiger charge is 2.26. The molecule has 22 heavy (non-hydrogen) atoms. The predicted molar refractivity (Wildman–Crippen MR) is 86.7 cm³/mol. The van der Waals surface area contributed by atoms with Crippen molar-refractivity contribution >= 4 is 22.9 Å². The summed E-state index contributed by atoms with van der Waals surface area (Å²) in [5, 5.41) is 4.00. The van der Waals surface area contributed by atoms with Gasteiger partial charge in [-0.05, 0) is 41.4 Å². The summed E-state index contributed by atoms with van der Waals surface area (Å²) in [4.78, 5) is 18.7. The van der Waals surface area contributed by atoms with E-state index in [9.17, 15) is 4.79 Å². The number of nitrogen functional groups attached to an aromatic ring is 1. The Morgan fingerprint density at radius 3 is 3.14 bits per heavy atom. The van der Waals surface area contributed by atoms with Gasteiger partial charge in [0, 0.05) is 17.9 Å². The van der Waals surface area contributed by atoms with Crippen LogP contribution in [0.2, 0.25) is 0 Å². The Kier molecular flexibility index (Phi) is 4.40. The third-order valence-corrected chi connectivity index (χ3v) is 4.41. The number of rotatable bonds is 3. The molecule has 1 fully saturated rings.